The number of carbonyl (C=O) groups excluding carboxylic acids is 5. The molecule has 0 bridgehead atoms. The number of aromatic hydroxyl groups is 1. The molecule has 1 saturated heterocycles. The summed E-state index contributed by atoms with van der Waals surface area (Å²) in [6, 6.07) is 1.83. The molecule has 57 heavy (non-hydrogen) atoms. The van der Waals surface area contributed by atoms with E-state index in [1.165, 1.54) is 17.0 Å². The number of carboxylic acids is 2. The molecule has 1 heterocycles. The zero-order chi connectivity index (χ0) is 43.9. The highest BCUT2D eigenvalue weighted by atomic mass is 19.4. The maximum absolute atomic E-state index is 14.0. The number of phenolic OH excluding ortho intramolecular Hbond substituents is 1. The molecule has 4 amide bonds. The van der Waals surface area contributed by atoms with Crippen molar-refractivity contribution in [2.45, 2.75) is 103 Å². The molecule has 20 heteroatoms. The zero-order valence-corrected chi connectivity index (χ0v) is 33.6. The normalized spacial score (nSPS) is 16.5. The van der Waals surface area contributed by atoms with E-state index < -0.39 is 65.4 Å². The third-order valence-corrected chi connectivity index (χ3v) is 8.95. The summed E-state index contributed by atoms with van der Waals surface area (Å²) in [5, 5.41) is 36.6. The Morgan fingerprint density at radius 1 is 0.947 bits per heavy atom. The first-order chi connectivity index (χ1) is 26.1. The smallest absolute Gasteiger partial charge is 0.430 e. The molecule has 0 radical (unpaired) electrons. The molecule has 2 rings (SSSR count). The Morgan fingerprint density at radius 3 is 2.02 bits per heavy atom. The van der Waals surface area contributed by atoms with E-state index in [2.05, 4.69) is 42.1 Å². The molecular formula is C37H59F3N8O9. The molecule has 1 fully saturated rings. The Bertz CT molecular complexity index is 1560. The van der Waals surface area contributed by atoms with Crippen LogP contribution in [0.15, 0.2) is 29.3 Å². The maximum Gasteiger partial charge on any atom is 0.430 e. The highest BCUT2D eigenvalue weighted by Crippen LogP contribution is 2.23. The van der Waals surface area contributed by atoms with Crippen molar-refractivity contribution >= 4 is 41.5 Å². The minimum Gasteiger partial charge on any atom is -0.542 e. The van der Waals surface area contributed by atoms with E-state index in [1.807, 2.05) is 6.92 Å². The predicted molar refractivity (Wildman–Crippen MR) is 202 cm³/mol. The van der Waals surface area contributed by atoms with Gasteiger partial charge in [-0.3, -0.25) is 24.2 Å². The second-order valence-corrected chi connectivity index (χ2v) is 16.1. The van der Waals surface area contributed by atoms with Crippen molar-refractivity contribution in [1.82, 2.24) is 20.9 Å². The van der Waals surface area contributed by atoms with Crippen molar-refractivity contribution in [2.24, 2.45) is 27.8 Å². The molecule has 0 spiro atoms. The number of phenols is 1. The predicted octanol–water partition coefficient (Wildman–Crippen LogP) is -0.0145. The van der Waals surface area contributed by atoms with E-state index in [4.69, 9.17) is 21.4 Å². The lowest BCUT2D eigenvalue weighted by atomic mass is 9.86. The average Bonchev–Trinajstić information content (AvgIpc) is 3.57. The molecule has 5 atom stereocenters. The van der Waals surface area contributed by atoms with Gasteiger partial charge in [-0.05, 0) is 61.6 Å². The fourth-order valence-electron chi connectivity index (χ4n) is 5.82. The SMILES string of the molecule is C[C@@H](CCC[N+](C)(C)C)C(=O)N[C@@H](CCCN=C(N)N)C(=O)N1CCC[C@H]1C(=O)N[C@@H](Cc1ccc(O)cc1)C(=O)N[C@H](C(=O)O)C(C)(C)C.O=C([O-])C(F)(F)F. The quantitative estimate of drug-likeness (QED) is 0.0448. The van der Waals surface area contributed by atoms with Crippen LogP contribution in [0.25, 0.3) is 0 Å². The van der Waals surface area contributed by atoms with Crippen LogP contribution in [-0.4, -0.2) is 132 Å². The molecular weight excluding hydrogens is 757 g/mol. The second-order valence-electron chi connectivity index (χ2n) is 16.1. The number of hydrogen-bond donors (Lipinski definition) is 7. The van der Waals surface area contributed by atoms with Gasteiger partial charge in [0.1, 0.15) is 35.9 Å². The van der Waals surface area contributed by atoms with Crippen molar-refractivity contribution in [3.63, 3.8) is 0 Å². The van der Waals surface area contributed by atoms with Crippen molar-refractivity contribution in [3.05, 3.63) is 29.8 Å². The molecule has 0 aliphatic carbocycles. The largest absolute Gasteiger partial charge is 0.542 e. The van der Waals surface area contributed by atoms with Crippen LogP contribution in [0.5, 0.6) is 5.75 Å². The minimum absolute atomic E-state index is 0.00442. The molecule has 1 aromatic carbocycles. The van der Waals surface area contributed by atoms with Crippen LogP contribution in [-0.2, 0) is 35.2 Å². The minimum atomic E-state index is -5.19. The van der Waals surface area contributed by atoms with Gasteiger partial charge >= 0.3 is 12.1 Å². The molecule has 1 aliphatic rings. The number of benzene rings is 1. The molecule has 9 N–H and O–H groups in total. The molecule has 1 aliphatic heterocycles. The van der Waals surface area contributed by atoms with Crippen LogP contribution >= 0.6 is 0 Å². The van der Waals surface area contributed by atoms with Crippen molar-refractivity contribution in [3.8, 4) is 5.75 Å². The molecule has 1 aromatic rings. The van der Waals surface area contributed by atoms with Gasteiger partial charge < -0.3 is 56.9 Å². The van der Waals surface area contributed by atoms with Crippen molar-refractivity contribution in [1.29, 1.82) is 0 Å². The summed E-state index contributed by atoms with van der Waals surface area (Å²) in [5.41, 5.74) is 10.7. The number of amides is 4. The van der Waals surface area contributed by atoms with Crippen LogP contribution in [0.1, 0.15) is 71.8 Å². The lowest BCUT2D eigenvalue weighted by Gasteiger charge is -2.32. The number of nitrogens with two attached hydrogens (primary N) is 2. The van der Waals surface area contributed by atoms with E-state index in [9.17, 15) is 47.4 Å². The van der Waals surface area contributed by atoms with Crippen molar-refractivity contribution < 1.29 is 61.7 Å². The van der Waals surface area contributed by atoms with Gasteiger partial charge in [0.15, 0.2) is 5.96 Å². The number of halogens is 3. The number of alkyl halides is 3. The number of aliphatic imine (C=N–C) groups is 1. The maximum atomic E-state index is 14.0. The Morgan fingerprint density at radius 2 is 1.53 bits per heavy atom. The van der Waals surface area contributed by atoms with Crippen LogP contribution in [0.4, 0.5) is 13.2 Å². The molecule has 0 aromatic heterocycles. The van der Waals surface area contributed by atoms with Gasteiger partial charge in [0.05, 0.1) is 27.7 Å². The number of rotatable bonds is 18. The fraction of sp³-hybridized carbons (Fsp3) is 0.649. The average molecular weight is 817 g/mol. The summed E-state index contributed by atoms with van der Waals surface area (Å²) in [6.07, 6.45) is -2.20. The molecule has 322 valence electrons. The summed E-state index contributed by atoms with van der Waals surface area (Å²) < 4.78 is 32.3. The first-order valence-corrected chi connectivity index (χ1v) is 18.5. The van der Waals surface area contributed by atoms with Crippen LogP contribution in [0.3, 0.4) is 0 Å². The first-order valence-electron chi connectivity index (χ1n) is 18.5. The molecule has 17 nitrogen and oxygen atoms in total. The number of carboxylic acid groups (broad SMARTS) is 2. The van der Waals surface area contributed by atoms with E-state index >= 15 is 0 Å². The zero-order valence-electron chi connectivity index (χ0n) is 33.6. The van der Waals surface area contributed by atoms with Gasteiger partial charge in [-0.15, -0.1) is 0 Å². The van der Waals surface area contributed by atoms with Gasteiger partial charge in [-0.2, -0.15) is 13.2 Å². The van der Waals surface area contributed by atoms with Crippen molar-refractivity contribution in [2.75, 3.05) is 40.8 Å². The first kappa shape index (κ1) is 49.9. The highest BCUT2D eigenvalue weighted by molar-refractivity contribution is 5.95. The third-order valence-electron chi connectivity index (χ3n) is 8.95. The number of hydrogen-bond acceptors (Lipinski definition) is 9. The van der Waals surface area contributed by atoms with Gasteiger partial charge in [-0.25, -0.2) is 4.79 Å². The van der Waals surface area contributed by atoms with E-state index in [-0.39, 0.29) is 49.5 Å². The van der Waals surface area contributed by atoms with Gasteiger partial charge in [0.25, 0.3) is 0 Å². The lowest BCUT2D eigenvalue weighted by Crippen LogP contribution is -2.59. The standard InChI is InChI=1S/C35H58N8O7.C2HF3O2/c1-22(11-10-20-43(5,6)7)29(45)39-25(12-8-18-38-34(36)37)32(48)42-19-9-13-27(42)31(47)40-26(21-23-14-16-24(44)17-15-23)30(46)41-28(33(49)50)35(2,3)4;3-2(4,5)1(6)7/h14-17,22,25-28H,8-13,18-21H2,1-7H3,(H8-,36,37,38,39,40,41,44,45,46,47,49,50);(H,6,7)/t22-,25-,26-,27-,28+;/m0./s1. The number of quaternary nitrogens is 1. The summed E-state index contributed by atoms with van der Waals surface area (Å²) in [6.45, 7) is 8.29. The highest BCUT2D eigenvalue weighted by Gasteiger charge is 2.40. The number of nitrogens with zero attached hydrogens (tertiary/aromatic N) is 3. The summed E-state index contributed by atoms with van der Waals surface area (Å²) >= 11 is 0. The Hall–Kier alpha value is -5.14. The molecule has 0 unspecified atom stereocenters. The third kappa shape index (κ3) is 18.6. The van der Waals surface area contributed by atoms with Crippen LogP contribution in [0.2, 0.25) is 0 Å². The van der Waals surface area contributed by atoms with Gasteiger partial charge in [0, 0.05) is 25.4 Å². The summed E-state index contributed by atoms with van der Waals surface area (Å²) in [7, 11) is 6.25. The second kappa shape index (κ2) is 22.0. The van der Waals surface area contributed by atoms with E-state index in [1.54, 1.807) is 32.9 Å². The topological polar surface area (TPSA) is 270 Å². The Balaban J connectivity index is 0.00000211. The summed E-state index contributed by atoms with van der Waals surface area (Å²) in [4.78, 5) is 81.0. The number of likely N-dealkylation sites (tertiary alicyclic amines) is 1. The monoisotopic (exact) mass is 816 g/mol. The lowest BCUT2D eigenvalue weighted by molar-refractivity contribution is -0.870. The number of nitrogens with one attached hydrogen (secondary N) is 3. The van der Waals surface area contributed by atoms with E-state index in [0.717, 1.165) is 17.4 Å². The molecule has 0 saturated carbocycles. The Kier molecular flexibility index (Phi) is 19.2. The van der Waals surface area contributed by atoms with Gasteiger partial charge in [-0.1, -0.05) is 39.8 Å². The Labute approximate surface area is 331 Å². The van der Waals surface area contributed by atoms with Crippen LogP contribution in [0, 0.1) is 11.3 Å². The number of carbonyl (C=O) groups is 6. The number of aliphatic carboxylic acids is 2. The fourth-order valence-corrected chi connectivity index (χ4v) is 5.82. The van der Waals surface area contributed by atoms with Crippen LogP contribution < -0.4 is 32.5 Å². The number of guanidine groups is 1. The summed E-state index contributed by atoms with van der Waals surface area (Å²) in [5.74, 6) is -6.57. The van der Waals surface area contributed by atoms with Gasteiger partial charge in [0.2, 0.25) is 23.6 Å². The van der Waals surface area contributed by atoms with E-state index in [0.29, 0.717) is 31.2 Å².